The van der Waals surface area contributed by atoms with E-state index in [0.29, 0.717) is 29.8 Å². The molecule has 0 atom stereocenters. The Morgan fingerprint density at radius 1 is 1.00 bits per heavy atom. The highest BCUT2D eigenvalue weighted by Gasteiger charge is 2.30. The van der Waals surface area contributed by atoms with E-state index in [4.69, 9.17) is 28.9 Å². The Balaban J connectivity index is 1.17. The lowest BCUT2D eigenvalue weighted by Gasteiger charge is -2.34. The zero-order valence-corrected chi connectivity index (χ0v) is 20.6. The second-order valence-corrected chi connectivity index (χ2v) is 9.82. The Kier molecular flexibility index (Phi) is 7.10. The van der Waals surface area contributed by atoms with E-state index >= 15 is 0 Å². The number of para-hydroxylation sites is 1. The van der Waals surface area contributed by atoms with Crippen molar-refractivity contribution < 1.29 is 4.79 Å². The predicted molar refractivity (Wildman–Crippen MR) is 137 cm³/mol. The summed E-state index contributed by atoms with van der Waals surface area (Å²) in [4.78, 5) is 17.0. The normalized spacial score (nSPS) is 17.1. The van der Waals surface area contributed by atoms with Gasteiger partial charge in [0, 0.05) is 32.1 Å². The topological polar surface area (TPSA) is 58.3 Å². The van der Waals surface area contributed by atoms with E-state index in [9.17, 15) is 4.79 Å². The molecule has 1 aliphatic carbocycles. The van der Waals surface area contributed by atoms with Gasteiger partial charge in [-0.2, -0.15) is 5.10 Å². The Bertz CT molecular complexity index is 1200. The first-order valence-corrected chi connectivity index (χ1v) is 12.6. The Morgan fingerprint density at radius 3 is 2.38 bits per heavy atom. The molecule has 5 rings (SSSR count). The number of hydrogen-bond donors (Lipinski definition) is 1. The Labute approximate surface area is 209 Å². The first-order chi connectivity index (χ1) is 16.6. The molecular weight excluding hydrogens is 468 g/mol. The maximum atomic E-state index is 12.5. The molecule has 2 aromatic carbocycles. The van der Waals surface area contributed by atoms with E-state index in [2.05, 4.69) is 43.9 Å². The summed E-state index contributed by atoms with van der Waals surface area (Å²) in [5.41, 5.74) is 1.89. The zero-order valence-electron chi connectivity index (χ0n) is 19.1. The third-order valence-electron chi connectivity index (χ3n) is 6.39. The molecule has 0 spiro atoms. The second-order valence-electron chi connectivity index (χ2n) is 9.05. The van der Waals surface area contributed by atoms with Gasteiger partial charge in [-0.1, -0.05) is 54.1 Å². The zero-order chi connectivity index (χ0) is 23.5. The van der Waals surface area contributed by atoms with Crippen LogP contribution in [-0.4, -0.2) is 62.8 Å². The van der Waals surface area contributed by atoms with Gasteiger partial charge in [0.25, 0.3) is 0 Å². The number of rotatable bonds is 8. The molecule has 1 amide bonds. The molecule has 7 nitrogen and oxygen atoms in total. The monoisotopic (exact) mass is 496 g/mol. The number of nitrogens with zero attached hydrogens (tertiary/aromatic N) is 5. The van der Waals surface area contributed by atoms with E-state index in [1.807, 2.05) is 28.9 Å². The van der Waals surface area contributed by atoms with Gasteiger partial charge in [0.15, 0.2) is 4.77 Å². The van der Waals surface area contributed by atoms with Crippen LogP contribution in [0.25, 0.3) is 0 Å². The van der Waals surface area contributed by atoms with Crippen molar-refractivity contribution in [3.8, 4) is 0 Å². The van der Waals surface area contributed by atoms with E-state index in [-0.39, 0.29) is 5.91 Å². The van der Waals surface area contributed by atoms with Gasteiger partial charge in [-0.05, 0) is 42.8 Å². The number of nitrogens with one attached hydrogen (secondary N) is 1. The standard InChI is InChI=1S/C25H29ClN6OS/c26-21-8-4-5-9-22(21)27-23(33)17-29-12-14-30(15-13-29)18-32-25(34)31(24(28-32)20-10-11-20)16-19-6-2-1-3-7-19/h1-9,20H,10-18H2,(H,27,33). The maximum Gasteiger partial charge on any atom is 0.238 e. The van der Waals surface area contributed by atoms with Crippen molar-refractivity contribution in [1.82, 2.24) is 24.1 Å². The molecule has 1 saturated heterocycles. The Hall–Kier alpha value is -2.52. The largest absolute Gasteiger partial charge is 0.324 e. The average molecular weight is 497 g/mol. The first-order valence-electron chi connectivity index (χ1n) is 11.8. The van der Waals surface area contributed by atoms with Crippen molar-refractivity contribution in [2.75, 3.05) is 38.0 Å². The van der Waals surface area contributed by atoms with Crippen LogP contribution in [0.15, 0.2) is 54.6 Å². The van der Waals surface area contributed by atoms with Crippen LogP contribution in [0.4, 0.5) is 5.69 Å². The second kappa shape index (κ2) is 10.4. The fourth-order valence-corrected chi connectivity index (χ4v) is 4.78. The molecule has 2 aliphatic rings. The van der Waals surface area contributed by atoms with Crippen LogP contribution in [0.2, 0.25) is 5.02 Å². The Morgan fingerprint density at radius 2 is 1.68 bits per heavy atom. The molecule has 0 radical (unpaired) electrons. The third kappa shape index (κ3) is 5.58. The molecular formula is C25H29ClN6OS. The van der Waals surface area contributed by atoms with Gasteiger partial charge in [-0.15, -0.1) is 0 Å². The van der Waals surface area contributed by atoms with Gasteiger partial charge >= 0.3 is 0 Å². The number of piperazine rings is 1. The summed E-state index contributed by atoms with van der Waals surface area (Å²) in [6, 6.07) is 17.7. The minimum atomic E-state index is -0.0440. The highest BCUT2D eigenvalue weighted by atomic mass is 35.5. The van der Waals surface area contributed by atoms with Gasteiger partial charge in [0.05, 0.1) is 30.5 Å². The van der Waals surface area contributed by atoms with Crippen LogP contribution in [0.1, 0.15) is 30.1 Å². The molecule has 1 aliphatic heterocycles. The molecule has 1 aromatic heterocycles. The molecule has 1 N–H and O–H groups in total. The van der Waals surface area contributed by atoms with Crippen LogP contribution in [-0.2, 0) is 18.0 Å². The van der Waals surface area contributed by atoms with Crippen molar-refractivity contribution >= 4 is 35.4 Å². The van der Waals surface area contributed by atoms with E-state index in [1.165, 1.54) is 18.4 Å². The molecule has 9 heteroatoms. The minimum absolute atomic E-state index is 0.0440. The predicted octanol–water partition coefficient (Wildman–Crippen LogP) is 4.21. The molecule has 0 bridgehead atoms. The van der Waals surface area contributed by atoms with Crippen LogP contribution in [0.3, 0.4) is 0 Å². The number of hydrogen-bond acceptors (Lipinski definition) is 5. The van der Waals surface area contributed by atoms with Crippen molar-refractivity contribution in [3.05, 3.63) is 75.8 Å². The summed E-state index contributed by atoms with van der Waals surface area (Å²) >= 11 is 12.0. The van der Waals surface area contributed by atoms with E-state index in [0.717, 1.165) is 43.3 Å². The van der Waals surface area contributed by atoms with Gasteiger partial charge in [-0.25, -0.2) is 4.68 Å². The van der Waals surface area contributed by atoms with Crippen LogP contribution in [0, 0.1) is 4.77 Å². The number of carbonyl (C=O) groups excluding carboxylic acids is 1. The lowest BCUT2D eigenvalue weighted by molar-refractivity contribution is -0.117. The number of amides is 1. The van der Waals surface area contributed by atoms with Gasteiger partial charge in [-0.3, -0.25) is 19.2 Å². The molecule has 2 heterocycles. The lowest BCUT2D eigenvalue weighted by Crippen LogP contribution is -2.49. The van der Waals surface area contributed by atoms with Gasteiger partial charge in [0.2, 0.25) is 5.91 Å². The smallest absolute Gasteiger partial charge is 0.238 e. The van der Waals surface area contributed by atoms with Crippen LogP contribution >= 0.6 is 23.8 Å². The maximum absolute atomic E-state index is 12.5. The summed E-state index contributed by atoms with van der Waals surface area (Å²) < 4.78 is 4.97. The number of halogens is 1. The van der Waals surface area contributed by atoms with Gasteiger partial charge < -0.3 is 5.32 Å². The lowest BCUT2D eigenvalue weighted by atomic mass is 10.2. The third-order valence-corrected chi connectivity index (χ3v) is 7.15. The molecule has 178 valence electrons. The number of carbonyl (C=O) groups is 1. The summed E-state index contributed by atoms with van der Waals surface area (Å²) in [5, 5.41) is 8.38. The van der Waals surface area contributed by atoms with Crippen molar-refractivity contribution in [2.24, 2.45) is 0 Å². The van der Waals surface area contributed by atoms with E-state index < -0.39 is 0 Å². The number of aromatic nitrogens is 3. The summed E-state index contributed by atoms with van der Waals surface area (Å²) in [6.45, 7) is 5.18. The first kappa shape index (κ1) is 23.2. The molecule has 34 heavy (non-hydrogen) atoms. The van der Waals surface area contributed by atoms with Gasteiger partial charge in [0.1, 0.15) is 5.82 Å². The quantitative estimate of drug-likeness (QED) is 0.473. The fraction of sp³-hybridized carbons (Fsp3) is 0.400. The summed E-state index contributed by atoms with van der Waals surface area (Å²) in [7, 11) is 0. The molecule has 2 fully saturated rings. The highest BCUT2D eigenvalue weighted by molar-refractivity contribution is 7.71. The van der Waals surface area contributed by atoms with Crippen molar-refractivity contribution in [3.63, 3.8) is 0 Å². The van der Waals surface area contributed by atoms with Crippen LogP contribution in [0.5, 0.6) is 0 Å². The summed E-state index contributed by atoms with van der Waals surface area (Å²) in [6.07, 6.45) is 2.38. The molecule has 1 saturated carbocycles. The fourth-order valence-electron chi connectivity index (χ4n) is 4.34. The number of anilines is 1. The molecule has 0 unspecified atom stereocenters. The van der Waals surface area contributed by atoms with Crippen molar-refractivity contribution in [1.29, 1.82) is 0 Å². The SMILES string of the molecule is O=C(CN1CCN(Cn2nc(C3CC3)n(Cc3ccccc3)c2=S)CC1)Nc1ccccc1Cl. The van der Waals surface area contributed by atoms with E-state index in [1.54, 1.807) is 6.07 Å². The van der Waals surface area contributed by atoms with Crippen LogP contribution < -0.4 is 5.32 Å². The highest BCUT2D eigenvalue weighted by Crippen LogP contribution is 2.39. The average Bonchev–Trinajstić information content (AvgIpc) is 3.64. The van der Waals surface area contributed by atoms with Crippen molar-refractivity contribution in [2.45, 2.75) is 32.0 Å². The molecule has 3 aromatic rings. The summed E-state index contributed by atoms with van der Waals surface area (Å²) in [5.74, 6) is 1.60. The minimum Gasteiger partial charge on any atom is -0.324 e. The number of benzene rings is 2.